The number of hydrogen-bond donors (Lipinski definition) is 4. The van der Waals surface area contributed by atoms with Gasteiger partial charge in [0.25, 0.3) is 0 Å². The average Bonchev–Trinajstić information content (AvgIpc) is 1.98. The minimum absolute atomic E-state index is 0.0373. The first-order valence-corrected chi connectivity index (χ1v) is 3.58. The summed E-state index contributed by atoms with van der Waals surface area (Å²) in [6.45, 7) is 2.28. The Morgan fingerprint density at radius 3 is 2.70 bits per heavy atom. The zero-order chi connectivity index (χ0) is 7.82. The first-order valence-electron chi connectivity index (χ1n) is 3.58. The van der Waals surface area contributed by atoms with Crippen molar-refractivity contribution < 1.29 is 5.11 Å². The van der Waals surface area contributed by atoms with E-state index in [9.17, 15) is 0 Å². The van der Waals surface area contributed by atoms with Crippen LogP contribution >= 0.6 is 0 Å². The third-order valence-electron chi connectivity index (χ3n) is 1.20. The monoisotopic (exact) mass is 147 g/mol. The van der Waals surface area contributed by atoms with Crippen LogP contribution in [-0.2, 0) is 0 Å². The second-order valence-electron chi connectivity index (χ2n) is 2.29. The number of nitrogens with one attached hydrogen (secondary N) is 1. The van der Waals surface area contributed by atoms with E-state index >= 15 is 0 Å². The van der Waals surface area contributed by atoms with Crippen molar-refractivity contribution >= 4 is 0 Å². The molecule has 0 amide bonds. The first-order chi connectivity index (χ1) is 4.81. The smallest absolute Gasteiger partial charge is 0.0594 e. The summed E-state index contributed by atoms with van der Waals surface area (Å²) in [5, 5.41) is 11.6. The Morgan fingerprint density at radius 1 is 1.50 bits per heavy atom. The molecular weight excluding hydrogens is 130 g/mol. The highest BCUT2D eigenvalue weighted by molar-refractivity contribution is 4.61. The van der Waals surface area contributed by atoms with Gasteiger partial charge in [0.05, 0.1) is 6.61 Å². The maximum absolute atomic E-state index is 8.50. The molecular formula is C6H17N3O. The summed E-state index contributed by atoms with van der Waals surface area (Å²) in [7, 11) is 0. The van der Waals surface area contributed by atoms with E-state index in [1.165, 1.54) is 0 Å². The summed E-state index contributed by atoms with van der Waals surface area (Å²) in [5.74, 6) is 0. The maximum atomic E-state index is 8.50. The van der Waals surface area contributed by atoms with Crippen LogP contribution in [0.15, 0.2) is 0 Å². The van der Waals surface area contributed by atoms with Crippen LogP contribution in [0, 0.1) is 0 Å². The Bertz CT molecular complexity index is 70.0. The Morgan fingerprint density at radius 2 is 2.20 bits per heavy atom. The summed E-state index contributed by atoms with van der Waals surface area (Å²) in [5.41, 5.74) is 10.7. The minimum Gasteiger partial charge on any atom is -0.395 e. The number of nitrogens with two attached hydrogens (primary N) is 2. The third-order valence-corrected chi connectivity index (χ3v) is 1.20. The molecule has 0 aromatic rings. The summed E-state index contributed by atoms with van der Waals surface area (Å²) in [6, 6.07) is -0.141. The Hall–Kier alpha value is -0.160. The van der Waals surface area contributed by atoms with Crippen LogP contribution in [0.5, 0.6) is 0 Å². The fraction of sp³-hybridized carbons (Fsp3) is 1.00. The minimum atomic E-state index is -0.141. The van der Waals surface area contributed by atoms with Crippen LogP contribution in [-0.4, -0.2) is 37.4 Å². The van der Waals surface area contributed by atoms with Gasteiger partial charge in [-0.3, -0.25) is 0 Å². The van der Waals surface area contributed by atoms with Gasteiger partial charge in [0, 0.05) is 12.6 Å². The second kappa shape index (κ2) is 6.95. The lowest BCUT2D eigenvalue weighted by molar-refractivity contribution is 0.262. The first kappa shape index (κ1) is 9.84. The fourth-order valence-corrected chi connectivity index (χ4v) is 0.579. The molecule has 10 heavy (non-hydrogen) atoms. The van der Waals surface area contributed by atoms with E-state index < -0.39 is 0 Å². The van der Waals surface area contributed by atoms with Gasteiger partial charge in [0.15, 0.2) is 0 Å². The van der Waals surface area contributed by atoms with E-state index in [4.69, 9.17) is 16.6 Å². The van der Waals surface area contributed by atoms with Crippen molar-refractivity contribution in [2.24, 2.45) is 11.5 Å². The summed E-state index contributed by atoms with van der Waals surface area (Å²) >= 11 is 0. The zero-order valence-electron chi connectivity index (χ0n) is 6.21. The van der Waals surface area contributed by atoms with Crippen LogP contribution < -0.4 is 16.8 Å². The summed E-state index contributed by atoms with van der Waals surface area (Å²) in [6.07, 6.45) is 0.956. The highest BCUT2D eigenvalue weighted by atomic mass is 16.3. The molecule has 0 saturated carbocycles. The van der Waals surface area contributed by atoms with Gasteiger partial charge < -0.3 is 21.9 Å². The highest BCUT2D eigenvalue weighted by Gasteiger charge is 1.96. The molecule has 0 bridgehead atoms. The van der Waals surface area contributed by atoms with Crippen molar-refractivity contribution in [3.8, 4) is 0 Å². The van der Waals surface area contributed by atoms with E-state index in [-0.39, 0.29) is 12.6 Å². The fourth-order valence-electron chi connectivity index (χ4n) is 0.579. The van der Waals surface area contributed by atoms with Gasteiger partial charge in [-0.25, -0.2) is 0 Å². The summed E-state index contributed by atoms with van der Waals surface area (Å²) < 4.78 is 0. The predicted octanol–water partition coefficient (Wildman–Crippen LogP) is -1.76. The Kier molecular flexibility index (Phi) is 6.84. The van der Waals surface area contributed by atoms with Crippen LogP contribution in [0.2, 0.25) is 0 Å². The lowest BCUT2D eigenvalue weighted by Crippen LogP contribution is -2.37. The highest BCUT2D eigenvalue weighted by Crippen LogP contribution is 1.73. The van der Waals surface area contributed by atoms with Crippen LogP contribution in [0.4, 0.5) is 0 Å². The number of aliphatic hydroxyl groups is 1. The molecule has 0 aliphatic carbocycles. The molecule has 0 aromatic heterocycles. The van der Waals surface area contributed by atoms with Gasteiger partial charge in [-0.05, 0) is 19.5 Å². The second-order valence-corrected chi connectivity index (χ2v) is 2.29. The maximum Gasteiger partial charge on any atom is 0.0594 e. The van der Waals surface area contributed by atoms with Crippen molar-refractivity contribution in [2.75, 3.05) is 26.2 Å². The largest absolute Gasteiger partial charge is 0.395 e. The topological polar surface area (TPSA) is 84.3 Å². The predicted molar refractivity (Wildman–Crippen MR) is 41.6 cm³/mol. The molecule has 0 rings (SSSR count). The molecule has 1 atom stereocenters. The van der Waals surface area contributed by atoms with Gasteiger partial charge in [-0.1, -0.05) is 0 Å². The van der Waals surface area contributed by atoms with Gasteiger partial charge >= 0.3 is 0 Å². The molecule has 6 N–H and O–H groups in total. The molecule has 0 radical (unpaired) electrons. The molecule has 0 aliphatic heterocycles. The summed E-state index contributed by atoms with van der Waals surface area (Å²) in [4.78, 5) is 0. The molecule has 0 aliphatic rings. The van der Waals surface area contributed by atoms with Crippen LogP contribution in [0.3, 0.4) is 0 Å². The standard InChI is InChI=1S/C6H17N3O/c7-2-1-3-9-4-6(8)5-10/h6,9-10H,1-5,7-8H2/t6-/m0/s1. The van der Waals surface area contributed by atoms with Crippen molar-refractivity contribution in [1.82, 2.24) is 5.32 Å². The van der Waals surface area contributed by atoms with Crippen molar-refractivity contribution in [2.45, 2.75) is 12.5 Å². The van der Waals surface area contributed by atoms with Crippen molar-refractivity contribution in [3.63, 3.8) is 0 Å². The van der Waals surface area contributed by atoms with Gasteiger partial charge in [-0.2, -0.15) is 0 Å². The lowest BCUT2D eigenvalue weighted by atomic mass is 10.3. The number of hydrogen-bond acceptors (Lipinski definition) is 4. The Labute approximate surface area is 61.6 Å². The molecule has 0 heterocycles. The van der Waals surface area contributed by atoms with E-state index in [1.54, 1.807) is 0 Å². The average molecular weight is 147 g/mol. The molecule has 0 saturated heterocycles. The normalized spacial score (nSPS) is 13.5. The molecule has 4 heteroatoms. The molecule has 62 valence electrons. The van der Waals surface area contributed by atoms with E-state index in [0.717, 1.165) is 13.0 Å². The number of aliphatic hydroxyl groups excluding tert-OH is 1. The van der Waals surface area contributed by atoms with E-state index in [0.29, 0.717) is 13.1 Å². The van der Waals surface area contributed by atoms with Gasteiger partial charge in [0.1, 0.15) is 0 Å². The van der Waals surface area contributed by atoms with Crippen molar-refractivity contribution in [1.29, 1.82) is 0 Å². The molecule has 0 fully saturated rings. The van der Waals surface area contributed by atoms with Gasteiger partial charge in [-0.15, -0.1) is 0 Å². The van der Waals surface area contributed by atoms with Crippen molar-refractivity contribution in [3.05, 3.63) is 0 Å². The SMILES string of the molecule is NCCCNC[C@H](N)CO. The van der Waals surface area contributed by atoms with E-state index in [2.05, 4.69) is 5.32 Å². The van der Waals surface area contributed by atoms with Crippen LogP contribution in [0.1, 0.15) is 6.42 Å². The number of rotatable bonds is 6. The molecule has 4 nitrogen and oxygen atoms in total. The third kappa shape index (κ3) is 5.97. The quantitative estimate of drug-likeness (QED) is 0.335. The molecule has 0 unspecified atom stereocenters. The van der Waals surface area contributed by atoms with Gasteiger partial charge in [0.2, 0.25) is 0 Å². The molecule has 0 spiro atoms. The molecule has 0 aromatic carbocycles. The lowest BCUT2D eigenvalue weighted by Gasteiger charge is -2.08. The Balaban J connectivity index is 2.89. The van der Waals surface area contributed by atoms with Crippen LogP contribution in [0.25, 0.3) is 0 Å². The zero-order valence-corrected chi connectivity index (χ0v) is 6.21. The van der Waals surface area contributed by atoms with E-state index in [1.807, 2.05) is 0 Å².